The Hall–Kier alpha value is -2.93. The molecule has 0 saturated carbocycles. The van der Waals surface area contributed by atoms with Crippen LogP contribution in [-0.2, 0) is 6.54 Å². The minimum Gasteiger partial charge on any atom is -0.495 e. The molecule has 0 unspecified atom stereocenters. The average Bonchev–Trinajstić information content (AvgIpc) is 2.97. The maximum atomic E-state index is 12.6. The predicted molar refractivity (Wildman–Crippen MR) is 108 cm³/mol. The molecule has 7 nitrogen and oxygen atoms in total. The number of benzene rings is 2. The van der Waals surface area contributed by atoms with E-state index in [-0.39, 0.29) is 17.3 Å². The lowest BCUT2D eigenvalue weighted by Crippen LogP contribution is -2.24. The van der Waals surface area contributed by atoms with Crippen molar-refractivity contribution < 1.29 is 14.5 Å². The van der Waals surface area contributed by atoms with Crippen molar-refractivity contribution >= 4 is 17.3 Å². The molecule has 7 heteroatoms. The molecule has 1 saturated heterocycles. The van der Waals surface area contributed by atoms with E-state index in [1.54, 1.807) is 12.1 Å². The van der Waals surface area contributed by atoms with Gasteiger partial charge in [-0.3, -0.25) is 19.8 Å². The van der Waals surface area contributed by atoms with Gasteiger partial charge < -0.3 is 10.1 Å². The predicted octanol–water partition coefficient (Wildman–Crippen LogP) is 4.23. The lowest BCUT2D eigenvalue weighted by molar-refractivity contribution is -0.384. The molecular weight excluding hydrogens is 358 g/mol. The quantitative estimate of drug-likeness (QED) is 0.596. The molecule has 2 aromatic carbocycles. The van der Waals surface area contributed by atoms with Gasteiger partial charge in [-0.2, -0.15) is 0 Å². The van der Waals surface area contributed by atoms with Gasteiger partial charge in [-0.1, -0.05) is 25.0 Å². The number of anilines is 1. The Morgan fingerprint density at radius 1 is 1.11 bits per heavy atom. The first-order chi connectivity index (χ1) is 13.6. The summed E-state index contributed by atoms with van der Waals surface area (Å²) in [5, 5.41) is 13.7. The average molecular weight is 383 g/mol. The molecule has 1 aliphatic heterocycles. The van der Waals surface area contributed by atoms with E-state index < -0.39 is 4.92 Å². The number of carbonyl (C=O) groups excluding carboxylic acids is 1. The molecular formula is C21H25N3O4. The third-order valence-corrected chi connectivity index (χ3v) is 4.96. The molecule has 1 aliphatic rings. The minimum absolute atomic E-state index is 0.108. The van der Waals surface area contributed by atoms with Crippen LogP contribution in [0.1, 0.15) is 41.6 Å². The van der Waals surface area contributed by atoms with Crippen LogP contribution < -0.4 is 10.1 Å². The Kier molecular flexibility index (Phi) is 6.60. The Balaban J connectivity index is 1.68. The van der Waals surface area contributed by atoms with Crippen LogP contribution >= 0.6 is 0 Å². The molecule has 0 bridgehead atoms. The number of hydrogen-bond acceptors (Lipinski definition) is 5. The summed E-state index contributed by atoms with van der Waals surface area (Å²) < 4.78 is 5.19. The van der Waals surface area contributed by atoms with Gasteiger partial charge in [0.1, 0.15) is 5.75 Å². The minimum atomic E-state index is -0.507. The summed E-state index contributed by atoms with van der Waals surface area (Å²) in [4.78, 5) is 25.5. The molecule has 28 heavy (non-hydrogen) atoms. The number of nitro groups is 1. The number of nitro benzene ring substituents is 1. The summed E-state index contributed by atoms with van der Waals surface area (Å²) >= 11 is 0. The number of methoxy groups -OCH3 is 1. The van der Waals surface area contributed by atoms with Crippen molar-refractivity contribution in [2.45, 2.75) is 32.2 Å². The number of nitrogens with one attached hydrogen (secondary N) is 1. The Labute approximate surface area is 164 Å². The van der Waals surface area contributed by atoms with E-state index in [0.29, 0.717) is 11.3 Å². The SMILES string of the molecule is COc1ccc([N+](=O)[O-])cc1NC(=O)c1ccc(CN2CCCCCC2)cc1. The topological polar surface area (TPSA) is 84.7 Å². The number of ether oxygens (including phenoxy) is 1. The largest absolute Gasteiger partial charge is 0.495 e. The highest BCUT2D eigenvalue weighted by atomic mass is 16.6. The van der Waals surface area contributed by atoms with Gasteiger partial charge in [0.2, 0.25) is 0 Å². The van der Waals surface area contributed by atoms with Crippen molar-refractivity contribution in [1.29, 1.82) is 0 Å². The first-order valence-corrected chi connectivity index (χ1v) is 9.52. The summed E-state index contributed by atoms with van der Waals surface area (Å²) in [5.41, 5.74) is 1.83. The highest BCUT2D eigenvalue weighted by Gasteiger charge is 2.15. The standard InChI is InChI=1S/C21H25N3O4/c1-28-20-11-10-18(24(26)27)14-19(20)22-21(25)17-8-6-16(7-9-17)15-23-12-4-2-3-5-13-23/h6-11,14H,2-5,12-13,15H2,1H3,(H,22,25). The van der Waals surface area contributed by atoms with Gasteiger partial charge >= 0.3 is 0 Å². The lowest BCUT2D eigenvalue weighted by atomic mass is 10.1. The molecule has 0 aromatic heterocycles. The zero-order valence-corrected chi connectivity index (χ0v) is 16.0. The Morgan fingerprint density at radius 3 is 2.39 bits per heavy atom. The molecule has 0 aliphatic carbocycles. The van der Waals surface area contributed by atoms with E-state index in [9.17, 15) is 14.9 Å². The van der Waals surface area contributed by atoms with Crippen LogP contribution in [0.2, 0.25) is 0 Å². The van der Waals surface area contributed by atoms with E-state index in [1.807, 2.05) is 12.1 Å². The summed E-state index contributed by atoms with van der Waals surface area (Å²) in [7, 11) is 1.45. The van der Waals surface area contributed by atoms with Crippen LogP contribution in [0.15, 0.2) is 42.5 Å². The van der Waals surface area contributed by atoms with E-state index in [0.717, 1.165) is 19.6 Å². The first kappa shape index (κ1) is 19.8. The summed E-state index contributed by atoms with van der Waals surface area (Å²) in [5.74, 6) is 0.0388. The summed E-state index contributed by atoms with van der Waals surface area (Å²) in [6, 6.07) is 11.6. The molecule has 1 N–H and O–H groups in total. The highest BCUT2D eigenvalue weighted by Crippen LogP contribution is 2.29. The smallest absolute Gasteiger partial charge is 0.271 e. The molecule has 0 radical (unpaired) electrons. The number of non-ortho nitro benzene ring substituents is 1. The molecule has 3 rings (SSSR count). The number of likely N-dealkylation sites (tertiary alicyclic amines) is 1. The Morgan fingerprint density at radius 2 is 1.79 bits per heavy atom. The fourth-order valence-electron chi connectivity index (χ4n) is 3.42. The van der Waals surface area contributed by atoms with Crippen LogP contribution in [0.4, 0.5) is 11.4 Å². The second-order valence-corrected chi connectivity index (χ2v) is 6.98. The molecule has 0 spiro atoms. The van der Waals surface area contributed by atoms with Crippen molar-refractivity contribution in [3.63, 3.8) is 0 Å². The van der Waals surface area contributed by atoms with Gasteiger partial charge in [0.25, 0.3) is 11.6 Å². The molecule has 0 atom stereocenters. The van der Waals surface area contributed by atoms with Gasteiger partial charge in [-0.05, 0) is 49.7 Å². The zero-order valence-electron chi connectivity index (χ0n) is 16.0. The van der Waals surface area contributed by atoms with Crippen molar-refractivity contribution in [3.05, 3.63) is 63.7 Å². The molecule has 1 heterocycles. The van der Waals surface area contributed by atoms with Crippen LogP contribution in [0, 0.1) is 10.1 Å². The van der Waals surface area contributed by atoms with Crippen LogP contribution in [0.5, 0.6) is 5.75 Å². The Bertz CT molecular complexity index is 828. The molecule has 1 fully saturated rings. The third kappa shape index (κ3) is 5.07. The van der Waals surface area contributed by atoms with Crippen molar-refractivity contribution in [2.75, 3.05) is 25.5 Å². The molecule has 148 valence electrons. The van der Waals surface area contributed by atoms with Crippen LogP contribution in [0.25, 0.3) is 0 Å². The van der Waals surface area contributed by atoms with Gasteiger partial charge in [-0.25, -0.2) is 0 Å². The van der Waals surface area contributed by atoms with E-state index in [1.165, 1.54) is 56.6 Å². The lowest BCUT2D eigenvalue weighted by Gasteiger charge is -2.19. The third-order valence-electron chi connectivity index (χ3n) is 4.96. The monoisotopic (exact) mass is 383 g/mol. The number of carbonyl (C=O) groups is 1. The molecule has 1 amide bonds. The van der Waals surface area contributed by atoms with Crippen molar-refractivity contribution in [3.8, 4) is 5.75 Å². The highest BCUT2D eigenvalue weighted by molar-refractivity contribution is 6.05. The normalized spacial score (nSPS) is 14.9. The van der Waals surface area contributed by atoms with Gasteiger partial charge in [-0.15, -0.1) is 0 Å². The zero-order chi connectivity index (χ0) is 19.9. The van der Waals surface area contributed by atoms with E-state index in [2.05, 4.69) is 10.2 Å². The molecule has 2 aromatic rings. The van der Waals surface area contributed by atoms with E-state index >= 15 is 0 Å². The van der Waals surface area contributed by atoms with E-state index in [4.69, 9.17) is 4.74 Å². The fourth-order valence-corrected chi connectivity index (χ4v) is 3.42. The summed E-state index contributed by atoms with van der Waals surface area (Å²) in [6.45, 7) is 3.13. The second kappa shape index (κ2) is 9.32. The van der Waals surface area contributed by atoms with Crippen LogP contribution in [0.3, 0.4) is 0 Å². The van der Waals surface area contributed by atoms with Gasteiger partial charge in [0.15, 0.2) is 0 Å². The first-order valence-electron chi connectivity index (χ1n) is 9.52. The number of rotatable bonds is 6. The van der Waals surface area contributed by atoms with Gasteiger partial charge in [0, 0.05) is 24.2 Å². The van der Waals surface area contributed by atoms with Gasteiger partial charge in [0.05, 0.1) is 17.7 Å². The fraction of sp³-hybridized carbons (Fsp3) is 0.381. The summed E-state index contributed by atoms with van der Waals surface area (Å²) in [6.07, 6.45) is 5.09. The van der Waals surface area contributed by atoms with Crippen molar-refractivity contribution in [1.82, 2.24) is 4.90 Å². The number of amides is 1. The maximum absolute atomic E-state index is 12.6. The second-order valence-electron chi connectivity index (χ2n) is 6.98. The number of nitrogens with zero attached hydrogens (tertiary/aromatic N) is 2. The van der Waals surface area contributed by atoms with Crippen molar-refractivity contribution in [2.24, 2.45) is 0 Å². The van der Waals surface area contributed by atoms with Crippen LogP contribution in [-0.4, -0.2) is 35.9 Å². The number of hydrogen-bond donors (Lipinski definition) is 1. The maximum Gasteiger partial charge on any atom is 0.271 e.